The fraction of sp³-hybridized carbons (Fsp3) is 0.143. The zero-order chi connectivity index (χ0) is 8.32. The van der Waals surface area contributed by atoms with Crippen LogP contribution < -0.4 is 5.14 Å². The quantitative estimate of drug-likeness (QED) is 0.703. The number of rotatable bonds is 2. The van der Waals surface area contributed by atoms with Crippen molar-refractivity contribution in [1.29, 1.82) is 0 Å². The molecule has 0 saturated carbocycles. The monoisotopic (exact) mass is 210 g/mol. The van der Waals surface area contributed by atoms with Crippen LogP contribution in [0.2, 0.25) is 0 Å². The van der Waals surface area contributed by atoms with Crippen molar-refractivity contribution in [1.82, 2.24) is 0 Å². The predicted octanol–water partition coefficient (Wildman–Crippen LogP) is 0.0943. The minimum absolute atomic E-state index is 0. The van der Waals surface area contributed by atoms with E-state index in [-0.39, 0.29) is 57.1 Å². The van der Waals surface area contributed by atoms with Gasteiger partial charge in [0, 0.05) is 51.4 Å². The van der Waals surface area contributed by atoms with Crippen LogP contribution in [-0.2, 0) is 15.8 Å². The zero-order valence-electron chi connectivity index (χ0n) is 6.90. The van der Waals surface area contributed by atoms with Gasteiger partial charge in [-0.05, 0) is 5.56 Å². The summed E-state index contributed by atoms with van der Waals surface area (Å²) in [5, 5.41) is 4.84. The van der Waals surface area contributed by atoms with Crippen LogP contribution in [0.4, 0.5) is 0 Å². The Morgan fingerprint density at radius 2 is 1.67 bits per heavy atom. The Kier molecular flexibility index (Phi) is 5.84. The first-order valence-corrected chi connectivity index (χ1v) is 4.84. The van der Waals surface area contributed by atoms with Gasteiger partial charge in [0.25, 0.3) is 0 Å². The van der Waals surface area contributed by atoms with Gasteiger partial charge < -0.3 is 0 Å². The molecule has 0 aromatic heterocycles. The zero-order valence-corrected chi connectivity index (χ0v) is 10.8. The fourth-order valence-electron chi connectivity index (χ4n) is 0.807. The molecule has 1 rings (SSSR count). The van der Waals surface area contributed by atoms with Gasteiger partial charge in [-0.15, -0.1) is 0 Å². The molecule has 2 N–H and O–H groups in total. The number of primary sulfonamides is 1. The van der Waals surface area contributed by atoms with Gasteiger partial charge in [-0.2, -0.15) is 0 Å². The molecule has 0 aliphatic carbocycles. The Morgan fingerprint density at radius 1 is 1.17 bits per heavy atom. The molecular formula is C7H9KNO2S. The summed E-state index contributed by atoms with van der Waals surface area (Å²) in [6.07, 6.45) is 0. The van der Waals surface area contributed by atoms with Crippen LogP contribution in [0.15, 0.2) is 30.3 Å². The largest absolute Gasteiger partial charge is 0.228 e. The average Bonchev–Trinajstić information content (AvgIpc) is 1.85. The first-order valence-electron chi connectivity index (χ1n) is 3.12. The Labute approximate surface area is 115 Å². The van der Waals surface area contributed by atoms with Gasteiger partial charge in [0.2, 0.25) is 10.0 Å². The van der Waals surface area contributed by atoms with Crippen LogP contribution in [0.3, 0.4) is 0 Å². The van der Waals surface area contributed by atoms with Crippen molar-refractivity contribution in [2.24, 2.45) is 5.14 Å². The molecule has 0 bridgehead atoms. The number of sulfonamides is 1. The van der Waals surface area contributed by atoms with E-state index < -0.39 is 10.0 Å². The summed E-state index contributed by atoms with van der Waals surface area (Å²) in [7, 11) is -3.38. The predicted molar refractivity (Wildman–Crippen MR) is 49.0 cm³/mol. The van der Waals surface area contributed by atoms with Crippen LogP contribution in [0, 0.1) is 0 Å². The van der Waals surface area contributed by atoms with E-state index in [1.54, 1.807) is 24.3 Å². The summed E-state index contributed by atoms with van der Waals surface area (Å²) in [6, 6.07) is 8.84. The first-order chi connectivity index (χ1) is 5.08. The number of nitrogens with two attached hydrogens (primary N) is 1. The molecule has 61 valence electrons. The van der Waals surface area contributed by atoms with Gasteiger partial charge in [0.1, 0.15) is 0 Å². The smallest absolute Gasteiger partial charge is 0.213 e. The molecule has 1 aromatic carbocycles. The molecule has 5 heteroatoms. The van der Waals surface area contributed by atoms with Gasteiger partial charge in [0.15, 0.2) is 0 Å². The van der Waals surface area contributed by atoms with Crippen molar-refractivity contribution in [3.8, 4) is 0 Å². The van der Waals surface area contributed by atoms with Crippen LogP contribution in [-0.4, -0.2) is 59.8 Å². The minimum atomic E-state index is -3.38. The van der Waals surface area contributed by atoms with E-state index in [9.17, 15) is 8.42 Å². The molecule has 0 unspecified atom stereocenters. The van der Waals surface area contributed by atoms with Crippen molar-refractivity contribution < 1.29 is 8.42 Å². The topological polar surface area (TPSA) is 60.2 Å². The first kappa shape index (κ1) is 12.8. The molecule has 0 aliphatic rings. The molecule has 0 spiro atoms. The molecule has 1 aromatic rings. The number of benzene rings is 1. The number of hydrogen-bond acceptors (Lipinski definition) is 2. The average molecular weight is 210 g/mol. The molecule has 0 atom stereocenters. The second-order valence-electron chi connectivity index (χ2n) is 2.29. The summed E-state index contributed by atoms with van der Waals surface area (Å²) in [5.41, 5.74) is 0.718. The third kappa shape index (κ3) is 5.42. The van der Waals surface area contributed by atoms with Crippen LogP contribution in [0.25, 0.3) is 0 Å². The van der Waals surface area contributed by atoms with E-state index in [1.807, 2.05) is 6.07 Å². The fourth-order valence-corrected chi connectivity index (χ4v) is 1.46. The molecule has 12 heavy (non-hydrogen) atoms. The summed E-state index contributed by atoms with van der Waals surface area (Å²) in [6.45, 7) is 0. The van der Waals surface area contributed by atoms with Crippen molar-refractivity contribution in [3.05, 3.63) is 35.9 Å². The summed E-state index contributed by atoms with van der Waals surface area (Å²) in [4.78, 5) is 0. The van der Waals surface area contributed by atoms with Crippen LogP contribution >= 0.6 is 0 Å². The standard InChI is InChI=1S/C7H9NO2S.K/c8-11(9,10)6-7-4-2-1-3-5-7;/h1-5H,6H2,(H2,8,9,10);. The molecule has 0 amide bonds. The Bertz CT molecular complexity index is 323. The maximum absolute atomic E-state index is 10.6. The van der Waals surface area contributed by atoms with E-state index in [0.29, 0.717) is 0 Å². The van der Waals surface area contributed by atoms with E-state index in [0.717, 1.165) is 5.56 Å². The SMILES string of the molecule is NS(=O)(=O)Cc1ccccc1.[K]. The maximum atomic E-state index is 10.6. The van der Waals surface area contributed by atoms with Crippen molar-refractivity contribution in [2.75, 3.05) is 0 Å². The molecule has 1 radical (unpaired) electrons. The van der Waals surface area contributed by atoms with Gasteiger partial charge in [0.05, 0.1) is 5.75 Å². The van der Waals surface area contributed by atoms with Crippen LogP contribution in [0.1, 0.15) is 5.56 Å². The molecule has 0 aliphatic heterocycles. The molecule has 0 heterocycles. The van der Waals surface area contributed by atoms with Crippen LogP contribution in [0.5, 0.6) is 0 Å². The van der Waals surface area contributed by atoms with Crippen molar-refractivity contribution in [3.63, 3.8) is 0 Å². The van der Waals surface area contributed by atoms with E-state index in [4.69, 9.17) is 5.14 Å². The number of hydrogen-bond donors (Lipinski definition) is 1. The molecule has 0 fully saturated rings. The van der Waals surface area contributed by atoms with Gasteiger partial charge in [-0.3, -0.25) is 0 Å². The summed E-state index contributed by atoms with van der Waals surface area (Å²) < 4.78 is 21.2. The second-order valence-corrected chi connectivity index (χ2v) is 3.91. The third-order valence-electron chi connectivity index (χ3n) is 1.21. The van der Waals surface area contributed by atoms with Gasteiger partial charge in [-0.1, -0.05) is 30.3 Å². The Balaban J connectivity index is 0.00000121. The molecule has 0 saturated heterocycles. The van der Waals surface area contributed by atoms with Crippen molar-refractivity contribution >= 4 is 61.4 Å². The summed E-state index contributed by atoms with van der Waals surface area (Å²) in [5.74, 6) is -0.0894. The van der Waals surface area contributed by atoms with E-state index in [1.165, 1.54) is 0 Å². The summed E-state index contributed by atoms with van der Waals surface area (Å²) >= 11 is 0. The Hall–Kier alpha value is 0.766. The maximum Gasteiger partial charge on any atom is 0.213 e. The van der Waals surface area contributed by atoms with E-state index in [2.05, 4.69) is 0 Å². The Morgan fingerprint density at radius 3 is 2.08 bits per heavy atom. The van der Waals surface area contributed by atoms with Crippen molar-refractivity contribution in [2.45, 2.75) is 5.75 Å². The second kappa shape index (κ2) is 5.49. The third-order valence-corrected chi connectivity index (χ3v) is 1.95. The normalized spacial score (nSPS) is 10.4. The van der Waals surface area contributed by atoms with Gasteiger partial charge in [-0.25, -0.2) is 13.6 Å². The minimum Gasteiger partial charge on any atom is -0.228 e. The van der Waals surface area contributed by atoms with Gasteiger partial charge >= 0.3 is 0 Å². The molecule has 3 nitrogen and oxygen atoms in total. The molecular weight excluding hydrogens is 201 g/mol. The van der Waals surface area contributed by atoms with E-state index >= 15 is 0 Å².